The molecule has 0 aliphatic carbocycles. The maximum atomic E-state index is 12.4. The molecule has 0 spiro atoms. The Morgan fingerprint density at radius 1 is 1.00 bits per heavy atom. The standard InChI is InChI=1S/C19H16ClN3O3S/c20-18-12-15(23-27(25,26)16-4-2-1-3-5-16)6-7-17(18)19(24)22-13-14-8-10-21-11-9-14/h1-12,23H,13H2,(H,22,24). The molecule has 3 aromatic rings. The highest BCUT2D eigenvalue weighted by molar-refractivity contribution is 7.92. The number of hydrogen-bond acceptors (Lipinski definition) is 4. The van der Waals surface area contributed by atoms with Crippen LogP contribution in [0.3, 0.4) is 0 Å². The van der Waals surface area contributed by atoms with Gasteiger partial charge in [0.15, 0.2) is 0 Å². The number of benzene rings is 2. The van der Waals surface area contributed by atoms with Crippen molar-refractivity contribution in [2.24, 2.45) is 0 Å². The fourth-order valence-electron chi connectivity index (χ4n) is 2.35. The first-order chi connectivity index (χ1) is 13.0. The third-order valence-electron chi connectivity index (χ3n) is 3.72. The highest BCUT2D eigenvalue weighted by Crippen LogP contribution is 2.23. The molecular formula is C19H16ClN3O3S. The van der Waals surface area contributed by atoms with Crippen molar-refractivity contribution < 1.29 is 13.2 Å². The minimum atomic E-state index is -3.72. The van der Waals surface area contributed by atoms with Crippen LogP contribution in [0.2, 0.25) is 5.02 Å². The predicted octanol–water partition coefficient (Wildman–Crippen LogP) is 3.47. The molecule has 1 aromatic heterocycles. The van der Waals surface area contributed by atoms with E-state index < -0.39 is 10.0 Å². The van der Waals surface area contributed by atoms with Gasteiger partial charge in [-0.3, -0.25) is 14.5 Å². The summed E-state index contributed by atoms with van der Waals surface area (Å²) in [4.78, 5) is 16.4. The predicted molar refractivity (Wildman–Crippen MR) is 104 cm³/mol. The Labute approximate surface area is 162 Å². The summed E-state index contributed by atoms with van der Waals surface area (Å²) < 4.78 is 27.2. The fraction of sp³-hybridized carbons (Fsp3) is 0.0526. The highest BCUT2D eigenvalue weighted by Gasteiger charge is 2.16. The van der Waals surface area contributed by atoms with Crippen molar-refractivity contribution in [3.63, 3.8) is 0 Å². The summed E-state index contributed by atoms with van der Waals surface area (Å²) in [6.45, 7) is 0.333. The monoisotopic (exact) mass is 401 g/mol. The molecule has 0 unspecified atom stereocenters. The zero-order valence-corrected chi connectivity index (χ0v) is 15.7. The van der Waals surface area contributed by atoms with Crippen LogP contribution in [0.4, 0.5) is 5.69 Å². The van der Waals surface area contributed by atoms with Gasteiger partial charge in [-0.1, -0.05) is 29.8 Å². The highest BCUT2D eigenvalue weighted by atomic mass is 35.5. The van der Waals surface area contributed by atoms with Gasteiger partial charge < -0.3 is 5.32 Å². The van der Waals surface area contributed by atoms with E-state index in [9.17, 15) is 13.2 Å². The van der Waals surface area contributed by atoms with Gasteiger partial charge in [-0.05, 0) is 48.0 Å². The number of pyridine rings is 1. The summed E-state index contributed by atoms with van der Waals surface area (Å²) in [6.07, 6.45) is 3.28. The van der Waals surface area contributed by atoms with Crippen LogP contribution in [0.1, 0.15) is 15.9 Å². The lowest BCUT2D eigenvalue weighted by Gasteiger charge is -2.11. The normalized spacial score (nSPS) is 11.0. The first-order valence-electron chi connectivity index (χ1n) is 8.00. The minimum Gasteiger partial charge on any atom is -0.348 e. The van der Waals surface area contributed by atoms with Crippen LogP contribution >= 0.6 is 11.6 Å². The van der Waals surface area contributed by atoms with E-state index in [0.717, 1.165) is 5.56 Å². The van der Waals surface area contributed by atoms with E-state index in [-0.39, 0.29) is 27.1 Å². The van der Waals surface area contributed by atoms with Gasteiger partial charge in [-0.15, -0.1) is 0 Å². The molecule has 0 atom stereocenters. The number of nitrogens with one attached hydrogen (secondary N) is 2. The number of aromatic nitrogens is 1. The molecule has 138 valence electrons. The molecule has 1 heterocycles. The molecule has 2 N–H and O–H groups in total. The van der Waals surface area contributed by atoms with Crippen LogP contribution < -0.4 is 10.0 Å². The van der Waals surface area contributed by atoms with Crippen molar-refractivity contribution in [2.45, 2.75) is 11.4 Å². The molecule has 27 heavy (non-hydrogen) atoms. The molecule has 0 aliphatic rings. The number of carbonyl (C=O) groups excluding carboxylic acids is 1. The maximum absolute atomic E-state index is 12.4. The summed E-state index contributed by atoms with van der Waals surface area (Å²) in [5, 5.41) is 2.91. The lowest BCUT2D eigenvalue weighted by molar-refractivity contribution is 0.0951. The van der Waals surface area contributed by atoms with Gasteiger partial charge >= 0.3 is 0 Å². The third kappa shape index (κ3) is 4.84. The quantitative estimate of drug-likeness (QED) is 0.662. The molecule has 6 nitrogen and oxygen atoms in total. The van der Waals surface area contributed by atoms with E-state index in [1.54, 1.807) is 42.7 Å². The Bertz CT molecular complexity index is 1040. The second kappa shape index (κ2) is 8.20. The SMILES string of the molecule is O=C(NCc1ccncc1)c1ccc(NS(=O)(=O)c2ccccc2)cc1Cl. The lowest BCUT2D eigenvalue weighted by atomic mass is 10.2. The summed E-state index contributed by atoms with van der Waals surface area (Å²) in [6, 6.07) is 16.0. The zero-order valence-electron chi connectivity index (χ0n) is 14.1. The molecule has 0 saturated carbocycles. The molecule has 8 heteroatoms. The van der Waals surface area contributed by atoms with Crippen LogP contribution in [0.15, 0.2) is 78.0 Å². The first-order valence-corrected chi connectivity index (χ1v) is 9.86. The van der Waals surface area contributed by atoms with Crippen molar-refractivity contribution >= 4 is 33.2 Å². The lowest BCUT2D eigenvalue weighted by Crippen LogP contribution is -2.23. The van der Waals surface area contributed by atoms with E-state index in [1.165, 1.54) is 30.3 Å². The molecule has 0 bridgehead atoms. The van der Waals surface area contributed by atoms with Crippen LogP contribution in [0, 0.1) is 0 Å². The van der Waals surface area contributed by atoms with E-state index in [0.29, 0.717) is 6.54 Å². The minimum absolute atomic E-state index is 0.139. The van der Waals surface area contributed by atoms with E-state index in [4.69, 9.17) is 11.6 Å². The van der Waals surface area contributed by atoms with Gasteiger partial charge in [0.25, 0.3) is 15.9 Å². The number of anilines is 1. The Morgan fingerprint density at radius 3 is 2.37 bits per heavy atom. The molecule has 1 amide bonds. The summed E-state index contributed by atoms with van der Waals surface area (Å²) in [7, 11) is -3.72. The Kier molecular flexibility index (Phi) is 5.73. The number of halogens is 1. The Balaban J connectivity index is 1.71. The molecule has 3 rings (SSSR count). The van der Waals surface area contributed by atoms with Gasteiger partial charge in [-0.2, -0.15) is 0 Å². The van der Waals surface area contributed by atoms with Gasteiger partial charge in [0.1, 0.15) is 0 Å². The van der Waals surface area contributed by atoms with E-state index in [2.05, 4.69) is 15.0 Å². The third-order valence-corrected chi connectivity index (χ3v) is 5.43. The Morgan fingerprint density at radius 2 is 1.70 bits per heavy atom. The molecular weight excluding hydrogens is 386 g/mol. The number of nitrogens with zero attached hydrogens (tertiary/aromatic N) is 1. The fourth-order valence-corrected chi connectivity index (χ4v) is 3.69. The summed E-state index contributed by atoms with van der Waals surface area (Å²) >= 11 is 6.18. The van der Waals surface area contributed by atoms with Gasteiger partial charge in [0, 0.05) is 18.9 Å². The van der Waals surface area contributed by atoms with Crippen LogP contribution in [0.5, 0.6) is 0 Å². The number of amides is 1. The van der Waals surface area contributed by atoms with Crippen LogP contribution in [0.25, 0.3) is 0 Å². The van der Waals surface area contributed by atoms with Crippen LogP contribution in [-0.2, 0) is 16.6 Å². The molecule has 0 fully saturated rings. The Hall–Kier alpha value is -2.90. The largest absolute Gasteiger partial charge is 0.348 e. The summed E-state index contributed by atoms with van der Waals surface area (Å²) in [5.74, 6) is -0.353. The molecule has 0 radical (unpaired) electrons. The summed E-state index contributed by atoms with van der Waals surface area (Å²) in [5.41, 5.74) is 1.43. The van der Waals surface area contributed by atoms with Gasteiger partial charge in [0.05, 0.1) is 21.2 Å². The molecule has 0 aliphatic heterocycles. The van der Waals surface area contributed by atoms with Crippen molar-refractivity contribution in [1.82, 2.24) is 10.3 Å². The van der Waals surface area contributed by atoms with E-state index in [1.807, 2.05) is 0 Å². The van der Waals surface area contributed by atoms with Gasteiger partial charge in [-0.25, -0.2) is 8.42 Å². The average Bonchev–Trinajstić information content (AvgIpc) is 2.67. The topological polar surface area (TPSA) is 88.2 Å². The molecule has 2 aromatic carbocycles. The van der Waals surface area contributed by atoms with Gasteiger partial charge in [0.2, 0.25) is 0 Å². The number of sulfonamides is 1. The second-order valence-corrected chi connectivity index (χ2v) is 7.74. The van der Waals surface area contributed by atoms with Crippen molar-refractivity contribution in [3.8, 4) is 0 Å². The maximum Gasteiger partial charge on any atom is 0.261 e. The number of rotatable bonds is 6. The van der Waals surface area contributed by atoms with Crippen molar-refractivity contribution in [3.05, 3.63) is 89.2 Å². The average molecular weight is 402 g/mol. The number of hydrogen-bond donors (Lipinski definition) is 2. The van der Waals surface area contributed by atoms with Crippen molar-refractivity contribution in [2.75, 3.05) is 4.72 Å². The number of carbonyl (C=O) groups is 1. The second-order valence-electron chi connectivity index (χ2n) is 5.65. The molecule has 0 saturated heterocycles. The smallest absolute Gasteiger partial charge is 0.261 e. The van der Waals surface area contributed by atoms with E-state index >= 15 is 0 Å². The van der Waals surface area contributed by atoms with Crippen molar-refractivity contribution in [1.29, 1.82) is 0 Å². The zero-order chi connectivity index (χ0) is 19.3. The van der Waals surface area contributed by atoms with Crippen LogP contribution in [-0.4, -0.2) is 19.3 Å². The first kappa shape index (κ1) is 18.9.